The van der Waals surface area contributed by atoms with Crippen LogP contribution in [0.1, 0.15) is 31.7 Å². The molecule has 0 saturated carbocycles. The minimum absolute atomic E-state index is 0.00960. The van der Waals surface area contributed by atoms with Crippen LogP contribution in [0.4, 0.5) is 0 Å². The van der Waals surface area contributed by atoms with Gasteiger partial charge in [-0.1, -0.05) is 29.8 Å². The fraction of sp³-hybridized carbons (Fsp3) is 0.462. The molecular weight excluding hydrogens is 236 g/mol. The van der Waals surface area contributed by atoms with E-state index in [1.54, 1.807) is 0 Å². The van der Waals surface area contributed by atoms with E-state index < -0.39 is 0 Å². The number of benzene rings is 1. The van der Waals surface area contributed by atoms with Gasteiger partial charge < -0.3 is 11.1 Å². The first-order valence-corrected chi connectivity index (χ1v) is 6.16. The number of amides is 1. The van der Waals surface area contributed by atoms with Crippen LogP contribution in [0.5, 0.6) is 0 Å². The monoisotopic (exact) mass is 254 g/mol. The Kier molecular flexibility index (Phi) is 5.45. The summed E-state index contributed by atoms with van der Waals surface area (Å²) in [7, 11) is 0. The second-order valence-electron chi connectivity index (χ2n) is 4.38. The van der Waals surface area contributed by atoms with E-state index in [9.17, 15) is 4.79 Å². The summed E-state index contributed by atoms with van der Waals surface area (Å²) in [4.78, 5) is 11.7. The van der Waals surface area contributed by atoms with Crippen molar-refractivity contribution in [3.63, 3.8) is 0 Å². The summed E-state index contributed by atoms with van der Waals surface area (Å²) >= 11 is 6.10. The Labute approximate surface area is 107 Å². The molecule has 0 fully saturated rings. The molecule has 4 heteroatoms. The van der Waals surface area contributed by atoms with Crippen molar-refractivity contribution < 1.29 is 4.79 Å². The van der Waals surface area contributed by atoms with E-state index in [1.807, 2.05) is 38.1 Å². The van der Waals surface area contributed by atoms with E-state index in [0.717, 1.165) is 5.56 Å². The molecule has 17 heavy (non-hydrogen) atoms. The van der Waals surface area contributed by atoms with Crippen molar-refractivity contribution in [3.05, 3.63) is 34.9 Å². The quantitative estimate of drug-likeness (QED) is 0.847. The largest absolute Gasteiger partial charge is 0.354 e. The molecule has 3 nitrogen and oxygen atoms in total. The third kappa shape index (κ3) is 4.36. The summed E-state index contributed by atoms with van der Waals surface area (Å²) in [5, 5.41) is 3.53. The van der Waals surface area contributed by atoms with Crippen LogP contribution in [-0.2, 0) is 4.79 Å². The average Bonchev–Trinajstić information content (AvgIpc) is 2.26. The van der Waals surface area contributed by atoms with Crippen molar-refractivity contribution in [2.75, 3.05) is 6.54 Å². The summed E-state index contributed by atoms with van der Waals surface area (Å²) in [6.45, 7) is 4.28. The van der Waals surface area contributed by atoms with Gasteiger partial charge >= 0.3 is 0 Å². The Bertz CT molecular complexity index is 379. The summed E-state index contributed by atoms with van der Waals surface area (Å²) in [5.41, 5.74) is 6.65. The molecule has 0 aliphatic carbocycles. The fourth-order valence-corrected chi connectivity index (χ4v) is 2.02. The molecule has 0 aromatic heterocycles. The zero-order valence-electron chi connectivity index (χ0n) is 10.2. The highest BCUT2D eigenvalue weighted by Crippen LogP contribution is 2.26. The molecular formula is C13H19ClN2O. The third-order valence-corrected chi connectivity index (χ3v) is 2.86. The Morgan fingerprint density at radius 3 is 2.59 bits per heavy atom. The van der Waals surface area contributed by atoms with E-state index in [2.05, 4.69) is 5.32 Å². The Morgan fingerprint density at radius 2 is 2.06 bits per heavy atom. The zero-order valence-corrected chi connectivity index (χ0v) is 11.0. The molecule has 1 unspecified atom stereocenters. The molecule has 1 aromatic carbocycles. The van der Waals surface area contributed by atoms with Gasteiger partial charge in [0.25, 0.3) is 0 Å². The van der Waals surface area contributed by atoms with Crippen molar-refractivity contribution in [2.24, 2.45) is 5.73 Å². The smallest absolute Gasteiger partial charge is 0.220 e. The number of nitrogens with one attached hydrogen (secondary N) is 1. The van der Waals surface area contributed by atoms with Gasteiger partial charge in [-0.3, -0.25) is 4.79 Å². The van der Waals surface area contributed by atoms with Gasteiger partial charge in [-0.15, -0.1) is 0 Å². The minimum Gasteiger partial charge on any atom is -0.354 e. The van der Waals surface area contributed by atoms with Crippen LogP contribution in [0.15, 0.2) is 24.3 Å². The lowest BCUT2D eigenvalue weighted by molar-refractivity contribution is -0.121. The first-order chi connectivity index (χ1) is 8.04. The van der Waals surface area contributed by atoms with E-state index in [1.165, 1.54) is 0 Å². The molecule has 0 heterocycles. The van der Waals surface area contributed by atoms with Gasteiger partial charge in [0.05, 0.1) is 0 Å². The first-order valence-electron chi connectivity index (χ1n) is 5.78. The van der Waals surface area contributed by atoms with Crippen molar-refractivity contribution in [2.45, 2.75) is 32.2 Å². The van der Waals surface area contributed by atoms with Crippen LogP contribution < -0.4 is 11.1 Å². The standard InChI is InChI=1S/C13H19ClN2O/c1-9(2)16-13(17)7-10(8-15)11-5-3-4-6-12(11)14/h3-6,9-10H,7-8,15H2,1-2H3,(H,16,17). The van der Waals surface area contributed by atoms with Gasteiger partial charge in [0, 0.05) is 23.4 Å². The Morgan fingerprint density at radius 1 is 1.41 bits per heavy atom. The first kappa shape index (κ1) is 14.0. The van der Waals surface area contributed by atoms with Gasteiger partial charge in [-0.05, 0) is 32.0 Å². The number of carbonyl (C=O) groups excluding carboxylic acids is 1. The molecule has 1 amide bonds. The number of carbonyl (C=O) groups is 1. The highest BCUT2D eigenvalue weighted by molar-refractivity contribution is 6.31. The Balaban J connectivity index is 2.73. The average molecular weight is 255 g/mol. The van der Waals surface area contributed by atoms with Gasteiger partial charge in [-0.2, -0.15) is 0 Å². The number of hydrogen-bond donors (Lipinski definition) is 2. The van der Waals surface area contributed by atoms with Gasteiger partial charge in [-0.25, -0.2) is 0 Å². The molecule has 0 radical (unpaired) electrons. The van der Waals surface area contributed by atoms with Gasteiger partial charge in [0.15, 0.2) is 0 Å². The molecule has 0 aliphatic heterocycles. The molecule has 0 saturated heterocycles. The molecule has 0 bridgehead atoms. The fourth-order valence-electron chi connectivity index (χ4n) is 1.73. The lowest BCUT2D eigenvalue weighted by atomic mass is 9.95. The summed E-state index contributed by atoms with van der Waals surface area (Å²) < 4.78 is 0. The number of nitrogens with two attached hydrogens (primary N) is 1. The maximum atomic E-state index is 11.7. The molecule has 1 atom stereocenters. The topological polar surface area (TPSA) is 55.1 Å². The van der Waals surface area contributed by atoms with Crippen LogP contribution in [0.2, 0.25) is 5.02 Å². The molecule has 1 aromatic rings. The maximum absolute atomic E-state index is 11.7. The van der Waals surface area contributed by atoms with Gasteiger partial charge in [0.1, 0.15) is 0 Å². The lowest BCUT2D eigenvalue weighted by Crippen LogP contribution is -2.32. The summed E-state index contributed by atoms with van der Waals surface area (Å²) in [5.74, 6) is -0.0159. The predicted octanol–water partition coefficient (Wildman–Crippen LogP) is 2.30. The molecule has 94 valence electrons. The summed E-state index contributed by atoms with van der Waals surface area (Å²) in [6, 6.07) is 7.66. The normalized spacial score (nSPS) is 12.5. The minimum atomic E-state index is -0.0255. The van der Waals surface area contributed by atoms with Crippen molar-refractivity contribution >= 4 is 17.5 Å². The van der Waals surface area contributed by atoms with Crippen molar-refractivity contribution in [1.29, 1.82) is 0 Å². The second kappa shape index (κ2) is 6.62. The van der Waals surface area contributed by atoms with Crippen molar-refractivity contribution in [1.82, 2.24) is 5.32 Å². The van der Waals surface area contributed by atoms with Crippen LogP contribution in [0.3, 0.4) is 0 Å². The zero-order chi connectivity index (χ0) is 12.8. The SMILES string of the molecule is CC(C)NC(=O)CC(CN)c1ccccc1Cl. The van der Waals surface area contributed by atoms with E-state index in [0.29, 0.717) is 18.0 Å². The lowest BCUT2D eigenvalue weighted by Gasteiger charge is -2.17. The third-order valence-electron chi connectivity index (χ3n) is 2.51. The van der Waals surface area contributed by atoms with E-state index in [-0.39, 0.29) is 17.9 Å². The maximum Gasteiger partial charge on any atom is 0.220 e. The van der Waals surface area contributed by atoms with Crippen LogP contribution >= 0.6 is 11.6 Å². The summed E-state index contributed by atoms with van der Waals surface area (Å²) in [6.07, 6.45) is 0.373. The predicted molar refractivity (Wildman–Crippen MR) is 71.1 cm³/mol. The van der Waals surface area contributed by atoms with Crippen molar-refractivity contribution in [3.8, 4) is 0 Å². The Hall–Kier alpha value is -1.06. The molecule has 0 aliphatic rings. The number of halogens is 1. The highest BCUT2D eigenvalue weighted by Gasteiger charge is 2.17. The van der Waals surface area contributed by atoms with Gasteiger partial charge in [0.2, 0.25) is 5.91 Å². The van der Waals surface area contributed by atoms with E-state index in [4.69, 9.17) is 17.3 Å². The van der Waals surface area contributed by atoms with Crippen LogP contribution in [-0.4, -0.2) is 18.5 Å². The van der Waals surface area contributed by atoms with Crippen LogP contribution in [0, 0.1) is 0 Å². The number of rotatable bonds is 5. The highest BCUT2D eigenvalue weighted by atomic mass is 35.5. The second-order valence-corrected chi connectivity index (χ2v) is 4.79. The van der Waals surface area contributed by atoms with E-state index >= 15 is 0 Å². The number of hydrogen-bond acceptors (Lipinski definition) is 2. The van der Waals surface area contributed by atoms with Crippen LogP contribution in [0.25, 0.3) is 0 Å². The molecule has 0 spiro atoms. The molecule has 1 rings (SSSR count). The molecule has 3 N–H and O–H groups in total.